The second-order valence-corrected chi connectivity index (χ2v) is 9.40. The van der Waals surface area contributed by atoms with Crippen molar-refractivity contribution in [3.8, 4) is 22.5 Å². The van der Waals surface area contributed by atoms with E-state index in [-0.39, 0.29) is 5.92 Å². The maximum Gasteiger partial charge on any atom is 0.334 e. The van der Waals surface area contributed by atoms with Gasteiger partial charge in [0, 0.05) is 31.7 Å². The first-order chi connectivity index (χ1) is 18.3. The number of rotatable bonds is 8. The first kappa shape index (κ1) is 25.3. The van der Waals surface area contributed by atoms with Crippen LogP contribution >= 0.6 is 0 Å². The van der Waals surface area contributed by atoms with E-state index in [2.05, 4.69) is 20.6 Å². The fourth-order valence-electron chi connectivity index (χ4n) is 4.77. The van der Waals surface area contributed by atoms with Gasteiger partial charge in [0.1, 0.15) is 12.1 Å². The standard InChI is InChI=1S/C27H30N8O3/c1-6-33-25-22(26(36)35(27(33)37)17(4)38-5)34(24(28-25)16(2)3)15-18-11-13-19(14-12-18)20-9-7-8-10-21(20)23-29-31-32-30-23/h7-14,16-17H,6,15H2,1-5H3,(H,29,30,31,32). The van der Waals surface area contributed by atoms with Crippen LogP contribution < -0.4 is 11.2 Å². The van der Waals surface area contributed by atoms with Gasteiger partial charge in [-0.2, -0.15) is 5.21 Å². The molecule has 0 aliphatic carbocycles. The smallest absolute Gasteiger partial charge is 0.334 e. The number of nitrogens with one attached hydrogen (secondary N) is 1. The van der Waals surface area contributed by atoms with Gasteiger partial charge in [-0.05, 0) is 35.8 Å². The van der Waals surface area contributed by atoms with E-state index < -0.39 is 17.5 Å². The molecule has 0 aliphatic rings. The van der Waals surface area contributed by atoms with Crippen LogP contribution in [-0.4, -0.2) is 46.4 Å². The molecule has 0 aliphatic heterocycles. The molecule has 0 fully saturated rings. The Balaban J connectivity index is 1.61. The number of fused-ring (bicyclic) bond motifs is 1. The van der Waals surface area contributed by atoms with Gasteiger partial charge in [-0.25, -0.2) is 14.3 Å². The summed E-state index contributed by atoms with van der Waals surface area (Å²) in [7, 11) is 1.48. The van der Waals surface area contributed by atoms with Gasteiger partial charge in [0.2, 0.25) is 5.82 Å². The third-order valence-electron chi connectivity index (χ3n) is 6.75. The quantitative estimate of drug-likeness (QED) is 0.336. The summed E-state index contributed by atoms with van der Waals surface area (Å²) in [5.74, 6) is 1.31. The van der Waals surface area contributed by atoms with E-state index in [9.17, 15) is 9.59 Å². The van der Waals surface area contributed by atoms with Crippen LogP contribution in [0.2, 0.25) is 0 Å². The third-order valence-corrected chi connectivity index (χ3v) is 6.75. The SMILES string of the molecule is CCn1c(=O)n(C(C)OC)c(=O)c2c1nc(C(C)C)n2Cc1ccc(-c2ccccc2-c2nn[nH]n2)cc1. The molecule has 3 heterocycles. The Hall–Kier alpha value is -4.38. The molecule has 0 saturated carbocycles. The number of ether oxygens (including phenoxy) is 1. The van der Waals surface area contributed by atoms with Gasteiger partial charge in [0.05, 0.1) is 0 Å². The highest BCUT2D eigenvalue weighted by atomic mass is 16.5. The molecule has 196 valence electrons. The number of hydrogen-bond acceptors (Lipinski definition) is 7. The number of hydrogen-bond donors (Lipinski definition) is 1. The second kappa shape index (κ2) is 10.2. The van der Waals surface area contributed by atoms with Crippen molar-refractivity contribution in [1.29, 1.82) is 0 Å². The van der Waals surface area contributed by atoms with Crippen LogP contribution in [0.25, 0.3) is 33.7 Å². The summed E-state index contributed by atoms with van der Waals surface area (Å²) >= 11 is 0. The van der Waals surface area contributed by atoms with Crippen molar-refractivity contribution in [2.45, 2.75) is 52.9 Å². The average Bonchev–Trinajstić information content (AvgIpc) is 3.58. The third kappa shape index (κ3) is 4.24. The van der Waals surface area contributed by atoms with Gasteiger partial charge in [0.25, 0.3) is 5.56 Å². The van der Waals surface area contributed by atoms with Crippen LogP contribution in [0.1, 0.15) is 51.2 Å². The van der Waals surface area contributed by atoms with Crippen molar-refractivity contribution in [3.63, 3.8) is 0 Å². The van der Waals surface area contributed by atoms with Crippen LogP contribution in [0.15, 0.2) is 58.1 Å². The lowest BCUT2D eigenvalue weighted by molar-refractivity contribution is 0.0531. The zero-order valence-electron chi connectivity index (χ0n) is 22.0. The molecule has 0 bridgehead atoms. The normalized spacial score (nSPS) is 12.5. The molecule has 0 amide bonds. The molecule has 1 N–H and O–H groups in total. The average molecular weight is 515 g/mol. The largest absolute Gasteiger partial charge is 0.361 e. The Morgan fingerprint density at radius 3 is 2.29 bits per heavy atom. The zero-order valence-corrected chi connectivity index (χ0v) is 22.0. The highest BCUT2D eigenvalue weighted by molar-refractivity contribution is 5.80. The second-order valence-electron chi connectivity index (χ2n) is 9.40. The number of H-pyrrole nitrogens is 1. The minimum atomic E-state index is -0.707. The van der Waals surface area contributed by atoms with Crippen molar-refractivity contribution in [2.24, 2.45) is 0 Å². The van der Waals surface area contributed by atoms with Crippen molar-refractivity contribution < 1.29 is 4.74 Å². The maximum atomic E-state index is 13.6. The van der Waals surface area contributed by atoms with Crippen molar-refractivity contribution in [3.05, 3.63) is 80.8 Å². The molecule has 1 atom stereocenters. The van der Waals surface area contributed by atoms with Crippen molar-refractivity contribution in [2.75, 3.05) is 7.11 Å². The van der Waals surface area contributed by atoms with Crippen LogP contribution in [0.5, 0.6) is 0 Å². The Morgan fingerprint density at radius 2 is 1.68 bits per heavy atom. The van der Waals surface area contributed by atoms with Gasteiger partial charge in [-0.1, -0.05) is 62.4 Å². The van der Waals surface area contributed by atoms with Crippen LogP contribution in [0.4, 0.5) is 0 Å². The molecular formula is C27H30N8O3. The summed E-state index contributed by atoms with van der Waals surface area (Å²) in [5, 5.41) is 14.4. The molecule has 5 rings (SSSR count). The fourth-order valence-corrected chi connectivity index (χ4v) is 4.77. The first-order valence-electron chi connectivity index (χ1n) is 12.6. The molecular weight excluding hydrogens is 484 g/mol. The number of nitrogens with zero attached hydrogens (tertiary/aromatic N) is 7. The highest BCUT2D eigenvalue weighted by Gasteiger charge is 2.24. The minimum Gasteiger partial charge on any atom is -0.361 e. The highest BCUT2D eigenvalue weighted by Crippen LogP contribution is 2.30. The number of methoxy groups -OCH3 is 1. The minimum absolute atomic E-state index is 0.0385. The molecule has 11 nitrogen and oxygen atoms in total. The van der Waals surface area contributed by atoms with Crippen molar-refractivity contribution >= 4 is 11.2 Å². The monoisotopic (exact) mass is 514 g/mol. The van der Waals surface area contributed by atoms with Crippen LogP contribution in [0, 0.1) is 0 Å². The van der Waals surface area contributed by atoms with Crippen LogP contribution in [0.3, 0.4) is 0 Å². The van der Waals surface area contributed by atoms with Gasteiger partial charge < -0.3 is 9.30 Å². The number of benzene rings is 2. The molecule has 0 saturated heterocycles. The predicted octanol–water partition coefficient (Wildman–Crippen LogP) is 3.56. The van der Waals surface area contributed by atoms with E-state index in [4.69, 9.17) is 9.72 Å². The Morgan fingerprint density at radius 1 is 0.974 bits per heavy atom. The molecule has 1 unspecified atom stereocenters. The Labute approximate surface area is 218 Å². The summed E-state index contributed by atoms with van der Waals surface area (Å²) in [6, 6.07) is 16.0. The van der Waals surface area contributed by atoms with E-state index >= 15 is 0 Å². The van der Waals surface area contributed by atoms with Gasteiger partial charge >= 0.3 is 5.69 Å². The first-order valence-corrected chi connectivity index (χ1v) is 12.6. The lowest BCUT2D eigenvalue weighted by atomic mass is 9.98. The van der Waals surface area contributed by atoms with Gasteiger partial charge in [0.15, 0.2) is 11.2 Å². The Kier molecular flexibility index (Phi) is 6.77. The predicted molar refractivity (Wildman–Crippen MR) is 144 cm³/mol. The zero-order chi connectivity index (χ0) is 27.0. The lowest BCUT2D eigenvalue weighted by Gasteiger charge is -2.16. The molecule has 11 heteroatoms. The molecule has 3 aromatic heterocycles. The van der Waals surface area contributed by atoms with E-state index in [0.717, 1.165) is 32.6 Å². The van der Waals surface area contributed by atoms with Gasteiger partial charge in [-0.15, -0.1) is 10.2 Å². The molecule has 5 aromatic rings. The number of aromatic amines is 1. The molecule has 0 radical (unpaired) electrons. The van der Waals surface area contributed by atoms with Gasteiger partial charge in [-0.3, -0.25) is 9.36 Å². The van der Waals surface area contributed by atoms with E-state index in [1.807, 2.05) is 73.9 Å². The molecule has 38 heavy (non-hydrogen) atoms. The fraction of sp³-hybridized carbons (Fsp3) is 0.333. The summed E-state index contributed by atoms with van der Waals surface area (Å²) < 4.78 is 9.97. The lowest BCUT2D eigenvalue weighted by Crippen LogP contribution is -2.42. The van der Waals surface area contributed by atoms with E-state index in [1.165, 1.54) is 11.7 Å². The summed E-state index contributed by atoms with van der Waals surface area (Å²) in [6.45, 7) is 8.42. The number of aromatic nitrogens is 8. The summed E-state index contributed by atoms with van der Waals surface area (Å²) in [6.07, 6.45) is -0.707. The van der Waals surface area contributed by atoms with Crippen molar-refractivity contribution in [1.82, 2.24) is 39.3 Å². The molecule has 2 aromatic carbocycles. The summed E-state index contributed by atoms with van der Waals surface area (Å²) in [4.78, 5) is 31.6. The van der Waals surface area contributed by atoms with E-state index in [0.29, 0.717) is 30.1 Å². The number of tetrazole rings is 1. The van der Waals surface area contributed by atoms with Crippen LogP contribution in [-0.2, 0) is 17.8 Å². The Bertz CT molecular complexity index is 1700. The summed E-state index contributed by atoms with van der Waals surface area (Å²) in [5.41, 5.74) is 3.82. The number of imidazole rings is 1. The number of aryl methyl sites for hydroxylation is 1. The molecule has 0 spiro atoms. The van der Waals surface area contributed by atoms with E-state index in [1.54, 1.807) is 6.92 Å². The topological polar surface area (TPSA) is 126 Å². The maximum absolute atomic E-state index is 13.6.